The summed E-state index contributed by atoms with van der Waals surface area (Å²) in [4.78, 5) is 50.9. The molecular weight excluding hydrogens is 796 g/mol. The predicted octanol–water partition coefficient (Wildman–Crippen LogP) is 6.58. The summed E-state index contributed by atoms with van der Waals surface area (Å²) in [7, 11) is -2.04. The van der Waals surface area contributed by atoms with Gasteiger partial charge in [0.15, 0.2) is 0 Å². The zero-order chi connectivity index (χ0) is 42.1. The number of allylic oxidation sites excluding steroid dienone is 2. The quantitative estimate of drug-likeness (QED) is 0.0731. The molecule has 0 unspecified atom stereocenters. The van der Waals surface area contributed by atoms with Crippen LogP contribution in [0.15, 0.2) is 60.0 Å². The summed E-state index contributed by atoms with van der Waals surface area (Å²) >= 11 is 1.48. The number of benzene rings is 2. The predicted molar refractivity (Wildman–Crippen MR) is 225 cm³/mol. The maximum Gasteiger partial charge on any atom is 0.245 e. The highest BCUT2D eigenvalue weighted by Gasteiger charge is 2.52. The number of anilines is 1. The van der Waals surface area contributed by atoms with Crippen LogP contribution >= 0.6 is 11.3 Å². The first-order valence-electron chi connectivity index (χ1n) is 20.1. The maximum atomic E-state index is 14.4. The molecule has 7 rings (SSSR count). The number of pyridine rings is 1. The van der Waals surface area contributed by atoms with E-state index >= 15 is 0 Å². The molecule has 2 aliphatic carbocycles. The smallest absolute Gasteiger partial charge is 0.245 e. The molecule has 3 aliphatic rings. The second kappa shape index (κ2) is 17.3. The molecule has 3 fully saturated rings. The SMILES string of the molecule is COc1ccc2c(O[C@@H]3C[C@@H](C(N)=O)N(C(=O)[C@H](CCCCC/C=C\[C@@H]4C[C@@H]4C(=O)NS(=O)(=O)C4(C)CC4)Nc4ccc(F)cc4)C3)cc(-c3nc(C)cs3)nc2c1C. The van der Waals surface area contributed by atoms with Crippen LogP contribution in [0.2, 0.25) is 0 Å². The second-order valence-electron chi connectivity index (χ2n) is 16.2. The van der Waals surface area contributed by atoms with Crippen LogP contribution in [-0.4, -0.2) is 77.6 Å². The lowest BCUT2D eigenvalue weighted by Crippen LogP contribution is -2.49. The highest BCUT2D eigenvalue weighted by molar-refractivity contribution is 7.91. The van der Waals surface area contributed by atoms with Gasteiger partial charge in [-0.05, 0) is 102 Å². The largest absolute Gasteiger partial charge is 0.496 e. The molecule has 0 radical (unpaired) electrons. The Bertz CT molecular complexity index is 2370. The Morgan fingerprint density at radius 2 is 1.83 bits per heavy atom. The molecule has 2 aromatic carbocycles. The molecule has 0 spiro atoms. The fourth-order valence-electron chi connectivity index (χ4n) is 7.62. The van der Waals surface area contributed by atoms with E-state index in [9.17, 15) is 27.2 Å². The van der Waals surface area contributed by atoms with Crippen LogP contribution in [0.4, 0.5) is 10.1 Å². The van der Waals surface area contributed by atoms with E-state index in [2.05, 4.69) is 15.0 Å². The average Bonchev–Trinajstić information content (AvgIpc) is 4.06. The van der Waals surface area contributed by atoms with Crippen molar-refractivity contribution in [2.24, 2.45) is 17.6 Å². The zero-order valence-electron chi connectivity index (χ0n) is 33.7. The van der Waals surface area contributed by atoms with Crippen molar-refractivity contribution in [2.45, 2.75) is 101 Å². The minimum absolute atomic E-state index is 0.0276. The Hall–Kier alpha value is -5.09. The number of primary amides is 1. The normalized spacial score (nSPS) is 21.3. The number of sulfonamides is 1. The van der Waals surface area contributed by atoms with E-state index in [1.807, 2.05) is 49.6 Å². The highest BCUT2D eigenvalue weighted by atomic mass is 32.2. The van der Waals surface area contributed by atoms with Crippen molar-refractivity contribution in [1.82, 2.24) is 19.6 Å². The van der Waals surface area contributed by atoms with E-state index in [-0.39, 0.29) is 30.7 Å². The first-order chi connectivity index (χ1) is 28.2. The van der Waals surface area contributed by atoms with Crippen LogP contribution in [0, 0.1) is 31.5 Å². The van der Waals surface area contributed by atoms with Crippen molar-refractivity contribution in [2.75, 3.05) is 19.0 Å². The fraction of sp³-hybridized carbons (Fsp3) is 0.465. The number of aryl methyl sites for hydroxylation is 2. The van der Waals surface area contributed by atoms with Gasteiger partial charge in [0.2, 0.25) is 27.7 Å². The number of fused-ring (bicyclic) bond motifs is 1. The summed E-state index contributed by atoms with van der Waals surface area (Å²) in [5.74, 6) is -0.847. The number of hydrogen-bond acceptors (Lipinski definition) is 11. The number of likely N-dealkylation sites (tertiary alicyclic amines) is 1. The number of ether oxygens (including phenoxy) is 2. The van der Waals surface area contributed by atoms with Gasteiger partial charge in [0, 0.05) is 46.1 Å². The third-order valence-corrected chi connectivity index (χ3v) is 14.8. The van der Waals surface area contributed by atoms with Gasteiger partial charge < -0.3 is 25.4 Å². The summed E-state index contributed by atoms with van der Waals surface area (Å²) in [6, 6.07) is 9.73. The third kappa shape index (κ3) is 9.54. The minimum atomic E-state index is -3.64. The molecule has 5 atom stereocenters. The van der Waals surface area contributed by atoms with Crippen LogP contribution in [0.1, 0.15) is 76.0 Å². The molecule has 2 saturated carbocycles. The van der Waals surface area contributed by atoms with E-state index in [1.54, 1.807) is 26.2 Å². The van der Waals surface area contributed by atoms with Crippen LogP contribution < -0.4 is 25.2 Å². The van der Waals surface area contributed by atoms with E-state index in [0.29, 0.717) is 60.5 Å². The van der Waals surface area contributed by atoms with Crippen LogP contribution in [0.25, 0.3) is 21.6 Å². The van der Waals surface area contributed by atoms with Gasteiger partial charge in [0.05, 0.1) is 23.9 Å². The number of rotatable bonds is 18. The van der Waals surface area contributed by atoms with Gasteiger partial charge in [-0.1, -0.05) is 25.0 Å². The average molecular weight is 847 g/mol. The summed E-state index contributed by atoms with van der Waals surface area (Å²) in [6.45, 7) is 5.62. The molecule has 3 amide bonds. The first kappa shape index (κ1) is 42.0. The molecule has 16 heteroatoms. The Balaban J connectivity index is 0.998. The molecule has 1 saturated heterocycles. The number of aromatic nitrogens is 2. The number of carbonyl (C=O) groups is 3. The van der Waals surface area contributed by atoms with Crippen LogP contribution in [0.3, 0.4) is 0 Å². The van der Waals surface area contributed by atoms with E-state index < -0.39 is 50.6 Å². The second-order valence-corrected chi connectivity index (χ2v) is 19.2. The lowest BCUT2D eigenvalue weighted by Gasteiger charge is -2.28. The van der Waals surface area contributed by atoms with Gasteiger partial charge in [-0.15, -0.1) is 11.3 Å². The van der Waals surface area contributed by atoms with Crippen molar-refractivity contribution < 1.29 is 36.7 Å². The monoisotopic (exact) mass is 846 g/mol. The number of nitrogens with zero attached hydrogens (tertiary/aromatic N) is 3. The standard InChI is InChI=1S/C43H51FN6O7S2/c1-25-24-58-41(46-25)34-22-37(31-16-17-36(56-4)26(2)38(31)48-34)57-30-21-35(39(45)51)50(23-30)42(53)33(47-29-14-12-28(44)13-15-29)11-9-7-5-6-8-10-27-20-32(27)40(52)49-59(54,55)43(3)18-19-43/h8,10,12-17,22,24,27,30,32-33,35,47H,5-7,9,11,18-21,23H2,1-4H3,(H2,45,51)(H,49,52)/b10-8-/t27-,30-,32+,33+,35+/m1/s1. The van der Waals surface area contributed by atoms with Gasteiger partial charge >= 0.3 is 0 Å². The van der Waals surface area contributed by atoms with E-state index in [1.165, 1.54) is 28.4 Å². The highest BCUT2D eigenvalue weighted by Crippen LogP contribution is 2.44. The van der Waals surface area contributed by atoms with Crippen molar-refractivity contribution in [3.05, 3.63) is 77.1 Å². The number of methoxy groups -OCH3 is 1. The lowest BCUT2D eigenvalue weighted by molar-refractivity contribution is -0.138. The Labute approximate surface area is 348 Å². The van der Waals surface area contributed by atoms with E-state index in [4.69, 9.17) is 20.2 Å². The van der Waals surface area contributed by atoms with Crippen molar-refractivity contribution in [3.63, 3.8) is 0 Å². The summed E-state index contributed by atoms with van der Waals surface area (Å²) in [6.07, 6.45) is 8.95. The molecule has 2 aromatic heterocycles. The van der Waals surface area contributed by atoms with Crippen molar-refractivity contribution >= 4 is 55.7 Å². The Morgan fingerprint density at radius 3 is 2.51 bits per heavy atom. The number of amides is 3. The van der Waals surface area contributed by atoms with Gasteiger partial charge in [-0.25, -0.2) is 22.8 Å². The summed E-state index contributed by atoms with van der Waals surface area (Å²) < 4.78 is 52.3. The number of nitrogens with two attached hydrogens (primary N) is 1. The fourth-order valence-corrected chi connectivity index (χ4v) is 9.68. The van der Waals surface area contributed by atoms with Crippen molar-refractivity contribution in [1.29, 1.82) is 0 Å². The number of unbranched alkanes of at least 4 members (excludes halogenated alkanes) is 3. The molecule has 1 aliphatic heterocycles. The molecule has 59 heavy (non-hydrogen) atoms. The Kier molecular flexibility index (Phi) is 12.3. The van der Waals surface area contributed by atoms with Gasteiger partial charge in [-0.3, -0.25) is 19.1 Å². The Morgan fingerprint density at radius 1 is 1.07 bits per heavy atom. The number of nitrogens with one attached hydrogen (secondary N) is 2. The minimum Gasteiger partial charge on any atom is -0.496 e. The molecule has 0 bridgehead atoms. The lowest BCUT2D eigenvalue weighted by atomic mass is 10.0. The van der Waals surface area contributed by atoms with Crippen LogP contribution in [0.5, 0.6) is 11.5 Å². The molecule has 3 heterocycles. The van der Waals surface area contributed by atoms with Gasteiger partial charge in [0.1, 0.15) is 46.2 Å². The molecule has 13 nitrogen and oxygen atoms in total. The summed E-state index contributed by atoms with van der Waals surface area (Å²) in [5.41, 5.74) is 9.52. The molecule has 4 N–H and O–H groups in total. The maximum absolute atomic E-state index is 14.4. The van der Waals surface area contributed by atoms with E-state index in [0.717, 1.165) is 40.9 Å². The third-order valence-electron chi connectivity index (χ3n) is 11.6. The van der Waals surface area contributed by atoms with Gasteiger partial charge in [0.25, 0.3) is 0 Å². The number of hydrogen-bond donors (Lipinski definition) is 3. The van der Waals surface area contributed by atoms with Crippen LogP contribution in [-0.2, 0) is 24.4 Å². The molecular formula is C43H51FN6O7S2. The number of carbonyl (C=O) groups excluding carboxylic acids is 3. The summed E-state index contributed by atoms with van der Waals surface area (Å²) in [5, 5.41) is 6.71. The van der Waals surface area contributed by atoms with Gasteiger partial charge in [-0.2, -0.15) is 0 Å². The zero-order valence-corrected chi connectivity index (χ0v) is 35.3. The molecule has 4 aromatic rings. The topological polar surface area (TPSA) is 183 Å². The number of halogens is 1. The molecule has 314 valence electrons. The number of thiazole rings is 1. The van der Waals surface area contributed by atoms with Crippen molar-refractivity contribution in [3.8, 4) is 22.2 Å². The first-order valence-corrected chi connectivity index (χ1v) is 22.4.